The highest BCUT2D eigenvalue weighted by atomic mass is 32.2. The predicted molar refractivity (Wildman–Crippen MR) is 122 cm³/mol. The number of carbonyl (C=O) groups is 2. The summed E-state index contributed by atoms with van der Waals surface area (Å²) in [5.41, 5.74) is 1.17. The first-order chi connectivity index (χ1) is 16.0. The highest BCUT2D eigenvalue weighted by Gasteiger charge is 2.35. The second-order valence-corrected chi connectivity index (χ2v) is 7.84. The summed E-state index contributed by atoms with van der Waals surface area (Å²) >= 11 is 0.863. The van der Waals surface area contributed by atoms with Crippen LogP contribution in [0.4, 0.5) is 10.5 Å². The molecule has 0 N–H and O–H groups in total. The van der Waals surface area contributed by atoms with Crippen molar-refractivity contribution >= 4 is 34.7 Å². The first-order valence-electron chi connectivity index (χ1n) is 9.71. The van der Waals surface area contributed by atoms with Gasteiger partial charge in [0.15, 0.2) is 11.5 Å². The number of thioether (sulfide) groups is 1. The van der Waals surface area contributed by atoms with Crippen LogP contribution in [0.25, 0.3) is 6.08 Å². The number of pyridine rings is 1. The zero-order valence-corrected chi connectivity index (χ0v) is 18.2. The van der Waals surface area contributed by atoms with E-state index in [1.54, 1.807) is 24.3 Å². The Hall–Kier alpha value is -4.18. The molecule has 2 amide bonds. The van der Waals surface area contributed by atoms with Crippen molar-refractivity contribution < 1.29 is 24.0 Å². The molecule has 166 valence electrons. The van der Waals surface area contributed by atoms with Crippen molar-refractivity contribution in [3.63, 3.8) is 0 Å². The number of benzene rings is 2. The topological polar surface area (TPSA) is 112 Å². The van der Waals surface area contributed by atoms with E-state index in [2.05, 4.69) is 4.98 Å². The minimum Gasteiger partial charge on any atom is -0.493 e. The summed E-state index contributed by atoms with van der Waals surface area (Å²) in [5, 5.41) is 10.9. The van der Waals surface area contributed by atoms with E-state index in [0.717, 1.165) is 17.3 Å². The molecule has 33 heavy (non-hydrogen) atoms. The molecule has 2 heterocycles. The molecule has 0 unspecified atom stereocenters. The zero-order chi connectivity index (χ0) is 23.4. The Labute approximate surface area is 192 Å². The second kappa shape index (κ2) is 9.53. The Morgan fingerprint density at radius 1 is 1.09 bits per heavy atom. The normalized spacial score (nSPS) is 14.6. The Bertz CT molecular complexity index is 1260. The summed E-state index contributed by atoms with van der Waals surface area (Å²) in [6.07, 6.45) is 2.97. The summed E-state index contributed by atoms with van der Waals surface area (Å²) in [4.78, 5) is 41.2. The van der Waals surface area contributed by atoms with E-state index in [9.17, 15) is 19.7 Å². The molecule has 1 saturated heterocycles. The summed E-state index contributed by atoms with van der Waals surface area (Å²) in [5.74, 6) is -0.0475. The number of amides is 2. The lowest BCUT2D eigenvalue weighted by Gasteiger charge is -2.12. The molecule has 1 aromatic heterocycles. The maximum atomic E-state index is 12.8. The van der Waals surface area contributed by atoms with Gasteiger partial charge in [0.2, 0.25) is 0 Å². The van der Waals surface area contributed by atoms with Crippen molar-refractivity contribution in [1.82, 2.24) is 9.88 Å². The zero-order valence-electron chi connectivity index (χ0n) is 17.3. The molecular formula is C23H17N3O6S. The van der Waals surface area contributed by atoms with Gasteiger partial charge in [-0.2, -0.15) is 0 Å². The highest BCUT2D eigenvalue weighted by molar-refractivity contribution is 8.18. The average Bonchev–Trinajstić information content (AvgIpc) is 3.08. The van der Waals surface area contributed by atoms with Crippen LogP contribution >= 0.6 is 11.8 Å². The Kier molecular flexibility index (Phi) is 6.36. The van der Waals surface area contributed by atoms with Gasteiger partial charge in [0, 0.05) is 12.3 Å². The average molecular weight is 463 g/mol. The van der Waals surface area contributed by atoms with Gasteiger partial charge in [-0.15, -0.1) is 0 Å². The van der Waals surface area contributed by atoms with E-state index in [4.69, 9.17) is 9.47 Å². The number of imide groups is 1. The molecule has 0 spiro atoms. The fraction of sp³-hybridized carbons (Fsp3) is 0.0870. The monoisotopic (exact) mass is 463 g/mol. The Morgan fingerprint density at radius 2 is 1.88 bits per heavy atom. The van der Waals surface area contributed by atoms with E-state index in [1.165, 1.54) is 30.3 Å². The predicted octanol–water partition coefficient (Wildman–Crippen LogP) is 5.03. The van der Waals surface area contributed by atoms with Crippen molar-refractivity contribution in [2.75, 3.05) is 7.11 Å². The van der Waals surface area contributed by atoms with Crippen LogP contribution in [0.15, 0.2) is 71.8 Å². The van der Waals surface area contributed by atoms with Crippen molar-refractivity contribution in [2.45, 2.75) is 6.54 Å². The Morgan fingerprint density at radius 3 is 2.61 bits per heavy atom. The minimum absolute atomic E-state index is 0.171. The molecule has 1 aliphatic heterocycles. The number of ether oxygens (including phenoxy) is 2. The van der Waals surface area contributed by atoms with Gasteiger partial charge in [-0.1, -0.05) is 36.4 Å². The number of methoxy groups -OCH3 is 1. The van der Waals surface area contributed by atoms with Crippen LogP contribution in [-0.2, 0) is 11.3 Å². The molecule has 1 fully saturated rings. The maximum Gasteiger partial charge on any atom is 0.331 e. The lowest BCUT2D eigenvalue weighted by atomic mass is 10.1. The molecule has 0 atom stereocenters. The largest absolute Gasteiger partial charge is 0.493 e. The summed E-state index contributed by atoms with van der Waals surface area (Å²) < 4.78 is 11.0. The second-order valence-electron chi connectivity index (χ2n) is 6.85. The quantitative estimate of drug-likeness (QED) is 0.273. The van der Waals surface area contributed by atoms with E-state index >= 15 is 0 Å². The molecule has 0 aliphatic carbocycles. The molecule has 0 bridgehead atoms. The SMILES string of the molecule is COc1cc(/C=C2\SC(=O)N(Cc3ccccc3)C2=O)ccc1Oc1ncccc1[N+](=O)[O-]. The number of nitrogens with zero attached hydrogens (tertiary/aromatic N) is 3. The van der Waals surface area contributed by atoms with Crippen LogP contribution in [0.5, 0.6) is 17.4 Å². The van der Waals surface area contributed by atoms with Gasteiger partial charge in [-0.05, 0) is 47.2 Å². The van der Waals surface area contributed by atoms with Crippen molar-refractivity contribution in [1.29, 1.82) is 0 Å². The third-order valence-corrected chi connectivity index (χ3v) is 5.60. The van der Waals surface area contributed by atoms with Crippen LogP contribution in [0.2, 0.25) is 0 Å². The van der Waals surface area contributed by atoms with Gasteiger partial charge in [0.05, 0.1) is 23.5 Å². The van der Waals surface area contributed by atoms with Crippen LogP contribution in [0.1, 0.15) is 11.1 Å². The molecule has 1 aliphatic rings. The number of hydrogen-bond donors (Lipinski definition) is 0. The number of carbonyl (C=O) groups excluding carboxylic acids is 2. The van der Waals surface area contributed by atoms with Crippen LogP contribution in [0, 0.1) is 10.1 Å². The Balaban J connectivity index is 1.56. The molecule has 0 saturated carbocycles. The van der Waals surface area contributed by atoms with Crippen molar-refractivity contribution in [3.05, 3.63) is 93.0 Å². The van der Waals surface area contributed by atoms with Gasteiger partial charge in [-0.25, -0.2) is 4.98 Å². The molecular weight excluding hydrogens is 446 g/mol. The molecule has 3 aromatic rings. The summed E-state index contributed by atoms with van der Waals surface area (Å²) in [6.45, 7) is 0.196. The first-order valence-corrected chi connectivity index (χ1v) is 10.5. The highest BCUT2D eigenvalue weighted by Crippen LogP contribution is 2.37. The number of hydrogen-bond acceptors (Lipinski definition) is 8. The third-order valence-electron chi connectivity index (χ3n) is 4.70. The minimum atomic E-state index is -0.589. The fourth-order valence-electron chi connectivity index (χ4n) is 3.12. The summed E-state index contributed by atoms with van der Waals surface area (Å²) in [6, 6.07) is 16.8. The first kappa shape index (κ1) is 22.0. The number of rotatable bonds is 7. The van der Waals surface area contributed by atoms with Crippen LogP contribution in [0.3, 0.4) is 0 Å². The standard InChI is InChI=1S/C23H17N3O6S/c1-31-19-12-16(9-10-18(19)32-21-17(26(29)30)8-5-11-24-21)13-20-22(27)25(23(28)33-20)14-15-6-3-2-4-7-15/h2-13H,14H2,1H3/b20-13-. The van der Waals surface area contributed by atoms with Crippen LogP contribution < -0.4 is 9.47 Å². The molecule has 2 aromatic carbocycles. The van der Waals surface area contributed by atoms with Crippen molar-refractivity contribution in [2.24, 2.45) is 0 Å². The van der Waals surface area contributed by atoms with Crippen molar-refractivity contribution in [3.8, 4) is 17.4 Å². The molecule has 9 nitrogen and oxygen atoms in total. The molecule has 4 rings (SSSR count). The van der Waals surface area contributed by atoms with E-state index in [0.29, 0.717) is 5.56 Å². The van der Waals surface area contributed by atoms with Gasteiger partial charge >= 0.3 is 5.69 Å². The third kappa shape index (κ3) is 4.85. The van der Waals surface area contributed by atoms with Gasteiger partial charge < -0.3 is 9.47 Å². The lowest BCUT2D eigenvalue weighted by molar-refractivity contribution is -0.386. The van der Waals surface area contributed by atoms with Gasteiger partial charge in [-0.3, -0.25) is 24.6 Å². The molecule has 10 heteroatoms. The molecule has 0 radical (unpaired) electrons. The van der Waals surface area contributed by atoms with Gasteiger partial charge in [0.1, 0.15) is 0 Å². The maximum absolute atomic E-state index is 12.8. The van der Waals surface area contributed by atoms with E-state index < -0.39 is 4.92 Å². The number of nitro groups is 1. The number of aromatic nitrogens is 1. The van der Waals surface area contributed by atoms with E-state index in [-0.39, 0.29) is 45.7 Å². The van der Waals surface area contributed by atoms with E-state index in [1.807, 2.05) is 30.3 Å². The van der Waals surface area contributed by atoms with Crippen LogP contribution in [-0.4, -0.2) is 33.1 Å². The van der Waals surface area contributed by atoms with Gasteiger partial charge in [0.25, 0.3) is 17.0 Å². The fourth-order valence-corrected chi connectivity index (χ4v) is 3.95. The summed E-state index contributed by atoms with van der Waals surface area (Å²) in [7, 11) is 1.42. The smallest absolute Gasteiger partial charge is 0.331 e. The lowest BCUT2D eigenvalue weighted by Crippen LogP contribution is -2.27.